The Hall–Kier alpha value is -0.330. The van der Waals surface area contributed by atoms with E-state index in [0.29, 0.717) is 0 Å². The molecule has 0 heterocycles. The fourth-order valence-corrected chi connectivity index (χ4v) is 0.599. The molecule has 0 rings (SSSR count). The molecule has 0 aromatic heterocycles. The summed E-state index contributed by atoms with van der Waals surface area (Å²) in [6.45, 7) is -0.800. The van der Waals surface area contributed by atoms with Crippen molar-refractivity contribution < 1.29 is 18.3 Å². The Bertz CT molecular complexity index is 197. The van der Waals surface area contributed by atoms with Gasteiger partial charge in [0.25, 0.3) is 9.24 Å². The third-order valence-corrected chi connectivity index (χ3v) is 1.21. The largest absolute Gasteiger partial charge is 0.549 e. The van der Waals surface area contributed by atoms with Crippen LogP contribution in [0.15, 0.2) is 0 Å². The number of carboxylic acids is 1. The molecule has 5 nitrogen and oxygen atoms in total. The summed E-state index contributed by atoms with van der Waals surface area (Å²) in [5.74, 6) is -1.53. The Morgan fingerprint density at radius 3 is 2.22 bits per heavy atom. The molecule has 0 fully saturated rings. The number of hydrogen-bond acceptors (Lipinski definition) is 4. The van der Waals surface area contributed by atoms with Crippen LogP contribution in [0.4, 0.5) is 0 Å². The van der Waals surface area contributed by atoms with Crippen LogP contribution in [0.25, 0.3) is 0 Å². The van der Waals surface area contributed by atoms with Crippen molar-refractivity contribution in [1.29, 1.82) is 0 Å². The number of carbonyl (C=O) groups excluding carboxylic acids is 1. The van der Waals surface area contributed by atoms with Gasteiger partial charge >= 0.3 is 0 Å². The lowest BCUT2D eigenvalue weighted by Crippen LogP contribution is -2.35. The highest BCUT2D eigenvalue weighted by molar-refractivity contribution is 8.12. The number of rotatable bonds is 3. The summed E-state index contributed by atoms with van der Waals surface area (Å²) in [5, 5.41) is 9.55. The molecule has 9 heavy (non-hydrogen) atoms. The molecule has 0 radical (unpaired) electrons. The van der Waals surface area contributed by atoms with Crippen molar-refractivity contribution in [3.63, 3.8) is 0 Å². The van der Waals surface area contributed by atoms with Crippen LogP contribution in [0.3, 0.4) is 0 Å². The van der Waals surface area contributed by atoms with Crippen LogP contribution in [-0.2, 0) is 14.0 Å². The van der Waals surface area contributed by atoms with Crippen LogP contribution in [-0.4, -0.2) is 20.9 Å². The van der Waals surface area contributed by atoms with Gasteiger partial charge < -0.3 is 9.90 Å². The lowest BCUT2D eigenvalue weighted by Gasteiger charge is -1.98. The summed E-state index contributed by atoms with van der Waals surface area (Å²) in [4.78, 5) is 9.55. The number of nitrogens with one attached hydrogen (secondary N) is 1. The van der Waals surface area contributed by atoms with Gasteiger partial charge in [0.05, 0.1) is 12.5 Å². The van der Waals surface area contributed by atoms with Crippen molar-refractivity contribution in [2.24, 2.45) is 0 Å². The SMILES string of the molecule is O=C([O-])CNS(=O)(=O)Cl. The minimum Gasteiger partial charge on any atom is -0.549 e. The molecular weight excluding hydrogens is 170 g/mol. The van der Waals surface area contributed by atoms with E-state index in [-0.39, 0.29) is 0 Å². The molecule has 0 aromatic carbocycles. The molecule has 0 saturated heterocycles. The standard InChI is InChI=1S/C2H4ClNO4S/c3-9(7,8)4-1-2(5)6/h4H,1H2,(H,5,6)/p-1. The lowest BCUT2D eigenvalue weighted by atomic mass is 10.7. The second-order valence-electron chi connectivity index (χ2n) is 1.13. The van der Waals surface area contributed by atoms with Crippen LogP contribution < -0.4 is 9.83 Å². The Balaban J connectivity index is 3.67. The van der Waals surface area contributed by atoms with Crippen LogP contribution in [0.1, 0.15) is 0 Å². The summed E-state index contributed by atoms with van der Waals surface area (Å²) >= 11 is 0. The zero-order valence-electron chi connectivity index (χ0n) is 4.13. The van der Waals surface area contributed by atoms with Crippen LogP contribution in [0.2, 0.25) is 0 Å². The van der Waals surface area contributed by atoms with Gasteiger partial charge in [-0.15, -0.1) is 0 Å². The fourth-order valence-electron chi connectivity index (χ4n) is 0.145. The fraction of sp³-hybridized carbons (Fsp3) is 0.500. The first-order valence-electron chi connectivity index (χ1n) is 1.81. The van der Waals surface area contributed by atoms with E-state index in [9.17, 15) is 18.3 Å². The molecule has 7 heteroatoms. The maximum Gasteiger partial charge on any atom is 0.297 e. The van der Waals surface area contributed by atoms with E-state index in [2.05, 4.69) is 10.7 Å². The first kappa shape index (κ1) is 8.67. The van der Waals surface area contributed by atoms with Crippen molar-refractivity contribution in [2.75, 3.05) is 6.54 Å². The van der Waals surface area contributed by atoms with E-state index in [4.69, 9.17) is 0 Å². The summed E-state index contributed by atoms with van der Waals surface area (Å²) in [6, 6.07) is 0. The Morgan fingerprint density at radius 2 is 2.11 bits per heavy atom. The predicted molar refractivity (Wildman–Crippen MR) is 27.8 cm³/mol. The molecule has 0 saturated carbocycles. The number of carboxylic acid groups (broad SMARTS) is 1. The third kappa shape index (κ3) is 7.67. The second-order valence-corrected chi connectivity index (χ2v) is 3.51. The van der Waals surface area contributed by atoms with Crippen molar-refractivity contribution in [1.82, 2.24) is 4.72 Å². The average molecular weight is 173 g/mol. The van der Waals surface area contributed by atoms with E-state index in [0.717, 1.165) is 0 Å². The van der Waals surface area contributed by atoms with Crippen molar-refractivity contribution in [3.05, 3.63) is 0 Å². The van der Waals surface area contributed by atoms with Gasteiger partial charge in [0.1, 0.15) is 0 Å². The topological polar surface area (TPSA) is 86.3 Å². The Kier molecular flexibility index (Phi) is 2.89. The maximum atomic E-state index is 9.90. The Morgan fingerprint density at radius 1 is 1.67 bits per heavy atom. The van der Waals surface area contributed by atoms with E-state index in [1.807, 2.05) is 0 Å². The maximum absolute atomic E-state index is 9.90. The van der Waals surface area contributed by atoms with Gasteiger partial charge in [-0.3, -0.25) is 0 Å². The van der Waals surface area contributed by atoms with Crippen LogP contribution in [0.5, 0.6) is 0 Å². The normalized spacial score (nSPS) is 11.2. The van der Waals surface area contributed by atoms with Crippen molar-refractivity contribution in [2.45, 2.75) is 0 Å². The van der Waals surface area contributed by atoms with Crippen LogP contribution in [0, 0.1) is 0 Å². The smallest absolute Gasteiger partial charge is 0.297 e. The summed E-state index contributed by atoms with van der Waals surface area (Å²) in [7, 11) is 0.629. The highest BCUT2D eigenvalue weighted by Gasteiger charge is 2.00. The van der Waals surface area contributed by atoms with Gasteiger partial charge in [-0.25, -0.2) is 0 Å². The zero-order chi connectivity index (χ0) is 7.49. The molecule has 0 bridgehead atoms. The molecule has 1 N–H and O–H groups in total. The predicted octanol–water partition coefficient (Wildman–Crippen LogP) is -2.19. The molecular formula is C2H3ClNO4S-. The second kappa shape index (κ2) is 3.00. The number of aliphatic carboxylic acids is 1. The molecule has 0 unspecified atom stereocenters. The van der Waals surface area contributed by atoms with Crippen molar-refractivity contribution >= 4 is 25.9 Å². The molecule has 0 aliphatic heterocycles. The number of carbonyl (C=O) groups is 1. The molecule has 0 aliphatic rings. The third-order valence-electron chi connectivity index (χ3n) is 0.389. The summed E-state index contributed by atoms with van der Waals surface area (Å²) in [6.07, 6.45) is 0. The first-order chi connectivity index (χ1) is 3.92. The van der Waals surface area contributed by atoms with Gasteiger partial charge in [0.15, 0.2) is 0 Å². The molecule has 0 spiro atoms. The van der Waals surface area contributed by atoms with Gasteiger partial charge in [-0.05, 0) is 0 Å². The molecule has 54 valence electrons. The Labute approximate surface area is 56.2 Å². The minimum absolute atomic E-state index is 0.800. The van der Waals surface area contributed by atoms with E-state index in [1.54, 1.807) is 0 Å². The van der Waals surface area contributed by atoms with Crippen LogP contribution >= 0.6 is 10.7 Å². The number of halogens is 1. The van der Waals surface area contributed by atoms with E-state index >= 15 is 0 Å². The summed E-state index contributed by atoms with van der Waals surface area (Å²) < 4.78 is 21.3. The first-order valence-corrected chi connectivity index (χ1v) is 4.12. The average Bonchev–Trinajstić information content (AvgIpc) is 1.59. The number of hydrogen-bond donors (Lipinski definition) is 1. The molecule has 0 aromatic rings. The van der Waals surface area contributed by atoms with Gasteiger partial charge in [0.2, 0.25) is 0 Å². The van der Waals surface area contributed by atoms with E-state index < -0.39 is 21.8 Å². The van der Waals surface area contributed by atoms with Gasteiger partial charge in [0, 0.05) is 10.7 Å². The highest BCUT2D eigenvalue weighted by atomic mass is 35.7. The van der Waals surface area contributed by atoms with Crippen molar-refractivity contribution in [3.8, 4) is 0 Å². The van der Waals surface area contributed by atoms with Gasteiger partial charge in [-0.1, -0.05) is 0 Å². The monoisotopic (exact) mass is 172 g/mol. The van der Waals surface area contributed by atoms with Gasteiger partial charge in [-0.2, -0.15) is 13.1 Å². The molecule has 0 amide bonds. The van der Waals surface area contributed by atoms with E-state index in [1.165, 1.54) is 4.72 Å². The minimum atomic E-state index is -3.92. The highest BCUT2D eigenvalue weighted by Crippen LogP contribution is 1.86. The quantitative estimate of drug-likeness (QED) is 0.490. The summed E-state index contributed by atoms with van der Waals surface area (Å²) in [5.41, 5.74) is 0. The molecule has 0 atom stereocenters. The zero-order valence-corrected chi connectivity index (χ0v) is 5.70. The molecule has 0 aliphatic carbocycles. The lowest BCUT2D eigenvalue weighted by molar-refractivity contribution is -0.303.